The number of likely N-dealkylation sites (N-methyl/N-ethyl adjacent to an activating group) is 1. The highest BCUT2D eigenvalue weighted by Crippen LogP contribution is 2.11. The van der Waals surface area contributed by atoms with Gasteiger partial charge in [0.2, 0.25) is 0 Å². The van der Waals surface area contributed by atoms with Crippen molar-refractivity contribution in [1.29, 1.82) is 0 Å². The fourth-order valence-electron chi connectivity index (χ4n) is 1.48. The SMILES string of the molecule is CC/C=C\[C@@H](C)N1CCN(C)C1=O. The summed E-state index contributed by atoms with van der Waals surface area (Å²) < 4.78 is 0. The van der Waals surface area contributed by atoms with Crippen LogP contribution in [0.1, 0.15) is 20.3 Å². The summed E-state index contributed by atoms with van der Waals surface area (Å²) in [5.74, 6) is 0. The van der Waals surface area contributed by atoms with Crippen LogP contribution >= 0.6 is 0 Å². The molecule has 2 amide bonds. The molecule has 0 aromatic carbocycles. The van der Waals surface area contributed by atoms with Crippen LogP contribution in [0.25, 0.3) is 0 Å². The molecule has 0 saturated carbocycles. The number of carbonyl (C=O) groups is 1. The van der Waals surface area contributed by atoms with Crippen molar-refractivity contribution in [2.75, 3.05) is 20.1 Å². The molecule has 1 heterocycles. The van der Waals surface area contributed by atoms with Crippen molar-refractivity contribution < 1.29 is 4.79 Å². The molecule has 1 atom stereocenters. The molecular formula is C10H18N2O. The molecule has 0 aromatic rings. The summed E-state index contributed by atoms with van der Waals surface area (Å²) in [5, 5.41) is 0. The molecule has 74 valence electrons. The maximum Gasteiger partial charge on any atom is 0.320 e. The van der Waals surface area contributed by atoms with E-state index in [9.17, 15) is 4.79 Å². The molecule has 1 saturated heterocycles. The third-order valence-electron chi connectivity index (χ3n) is 2.39. The van der Waals surface area contributed by atoms with Crippen LogP contribution in [0.15, 0.2) is 12.2 Å². The smallest absolute Gasteiger partial charge is 0.320 e. The first-order chi connectivity index (χ1) is 6.16. The van der Waals surface area contributed by atoms with E-state index in [1.165, 1.54) is 0 Å². The van der Waals surface area contributed by atoms with Crippen LogP contribution in [0.4, 0.5) is 4.79 Å². The Balaban J connectivity index is 2.53. The first kappa shape index (κ1) is 10.1. The lowest BCUT2D eigenvalue weighted by molar-refractivity contribution is 0.193. The molecule has 0 aliphatic carbocycles. The first-order valence-corrected chi connectivity index (χ1v) is 4.85. The molecule has 0 bridgehead atoms. The minimum Gasteiger partial charge on any atom is -0.326 e. The average Bonchev–Trinajstić information content (AvgIpc) is 2.44. The predicted octanol–water partition coefficient (Wildman–Crippen LogP) is 1.71. The number of hydrogen-bond acceptors (Lipinski definition) is 1. The Kier molecular flexibility index (Phi) is 3.34. The van der Waals surface area contributed by atoms with Gasteiger partial charge in [0.15, 0.2) is 0 Å². The van der Waals surface area contributed by atoms with E-state index < -0.39 is 0 Å². The fourth-order valence-corrected chi connectivity index (χ4v) is 1.48. The number of hydrogen-bond donors (Lipinski definition) is 0. The summed E-state index contributed by atoms with van der Waals surface area (Å²) >= 11 is 0. The van der Waals surface area contributed by atoms with Crippen LogP contribution < -0.4 is 0 Å². The van der Waals surface area contributed by atoms with E-state index in [2.05, 4.69) is 26.0 Å². The van der Waals surface area contributed by atoms with Gasteiger partial charge in [0.05, 0.1) is 0 Å². The second-order valence-electron chi connectivity index (χ2n) is 3.47. The summed E-state index contributed by atoms with van der Waals surface area (Å²) in [4.78, 5) is 15.2. The van der Waals surface area contributed by atoms with Gasteiger partial charge in [-0.25, -0.2) is 4.79 Å². The monoisotopic (exact) mass is 182 g/mol. The number of urea groups is 1. The largest absolute Gasteiger partial charge is 0.326 e. The van der Waals surface area contributed by atoms with Crippen LogP contribution in [-0.4, -0.2) is 42.0 Å². The van der Waals surface area contributed by atoms with Crippen molar-refractivity contribution >= 4 is 6.03 Å². The summed E-state index contributed by atoms with van der Waals surface area (Å²) in [6, 6.07) is 0.380. The summed E-state index contributed by atoms with van der Waals surface area (Å²) in [6.45, 7) is 5.86. The Morgan fingerprint density at radius 2 is 2.23 bits per heavy atom. The van der Waals surface area contributed by atoms with Crippen molar-refractivity contribution in [1.82, 2.24) is 9.80 Å². The van der Waals surface area contributed by atoms with Gasteiger partial charge in [-0.2, -0.15) is 0 Å². The van der Waals surface area contributed by atoms with E-state index in [4.69, 9.17) is 0 Å². The lowest BCUT2D eigenvalue weighted by atomic mass is 10.2. The number of nitrogens with zero attached hydrogens (tertiary/aromatic N) is 2. The maximum atomic E-state index is 11.5. The summed E-state index contributed by atoms with van der Waals surface area (Å²) in [6.07, 6.45) is 5.23. The quantitative estimate of drug-likeness (QED) is 0.609. The van der Waals surface area contributed by atoms with Gasteiger partial charge in [0.25, 0.3) is 0 Å². The van der Waals surface area contributed by atoms with Gasteiger partial charge in [-0.1, -0.05) is 19.1 Å². The highest BCUT2D eigenvalue weighted by atomic mass is 16.2. The van der Waals surface area contributed by atoms with Gasteiger partial charge < -0.3 is 9.80 Å². The number of allylic oxidation sites excluding steroid dienone is 1. The van der Waals surface area contributed by atoms with Crippen LogP contribution in [-0.2, 0) is 0 Å². The average molecular weight is 182 g/mol. The summed E-state index contributed by atoms with van der Waals surface area (Å²) in [7, 11) is 1.85. The first-order valence-electron chi connectivity index (χ1n) is 4.85. The minimum atomic E-state index is 0.147. The van der Waals surface area contributed by atoms with Crippen molar-refractivity contribution in [3.63, 3.8) is 0 Å². The second-order valence-corrected chi connectivity index (χ2v) is 3.47. The molecule has 1 aliphatic heterocycles. The molecule has 0 spiro atoms. The Bertz CT molecular complexity index is 213. The van der Waals surface area contributed by atoms with Crippen LogP contribution in [0, 0.1) is 0 Å². The van der Waals surface area contributed by atoms with Gasteiger partial charge in [-0.15, -0.1) is 0 Å². The van der Waals surface area contributed by atoms with Crippen LogP contribution in [0.3, 0.4) is 0 Å². The molecule has 3 heteroatoms. The van der Waals surface area contributed by atoms with Gasteiger partial charge in [0.1, 0.15) is 0 Å². The Morgan fingerprint density at radius 1 is 1.54 bits per heavy atom. The van der Waals surface area contributed by atoms with Crippen LogP contribution in [0.5, 0.6) is 0 Å². The molecule has 0 N–H and O–H groups in total. The van der Waals surface area contributed by atoms with Crippen molar-refractivity contribution in [3.8, 4) is 0 Å². The standard InChI is InChI=1S/C10H18N2O/c1-4-5-6-9(2)12-8-7-11(3)10(12)13/h5-6,9H,4,7-8H2,1-3H3/b6-5-/t9-/m1/s1. The topological polar surface area (TPSA) is 23.6 Å². The van der Waals surface area contributed by atoms with E-state index in [1.807, 2.05) is 11.9 Å². The van der Waals surface area contributed by atoms with E-state index >= 15 is 0 Å². The zero-order valence-corrected chi connectivity index (χ0v) is 8.66. The Morgan fingerprint density at radius 3 is 2.69 bits per heavy atom. The van der Waals surface area contributed by atoms with Crippen molar-refractivity contribution in [2.24, 2.45) is 0 Å². The molecular weight excluding hydrogens is 164 g/mol. The van der Waals surface area contributed by atoms with E-state index in [0.717, 1.165) is 19.5 Å². The lowest BCUT2D eigenvalue weighted by Gasteiger charge is -2.20. The molecule has 1 aliphatic rings. The lowest BCUT2D eigenvalue weighted by Crippen LogP contribution is -2.35. The minimum absolute atomic E-state index is 0.147. The Labute approximate surface area is 80.0 Å². The van der Waals surface area contributed by atoms with Crippen molar-refractivity contribution in [3.05, 3.63) is 12.2 Å². The molecule has 1 rings (SSSR count). The second kappa shape index (κ2) is 4.30. The van der Waals surface area contributed by atoms with E-state index in [1.54, 1.807) is 4.90 Å². The van der Waals surface area contributed by atoms with Gasteiger partial charge in [-0.05, 0) is 13.3 Å². The van der Waals surface area contributed by atoms with E-state index in [0.29, 0.717) is 0 Å². The zero-order chi connectivity index (χ0) is 9.84. The molecule has 0 aromatic heterocycles. The van der Waals surface area contributed by atoms with Gasteiger partial charge in [0, 0.05) is 26.2 Å². The maximum absolute atomic E-state index is 11.5. The van der Waals surface area contributed by atoms with E-state index in [-0.39, 0.29) is 12.1 Å². The third kappa shape index (κ3) is 2.23. The van der Waals surface area contributed by atoms with Gasteiger partial charge >= 0.3 is 6.03 Å². The highest BCUT2D eigenvalue weighted by Gasteiger charge is 2.27. The molecule has 13 heavy (non-hydrogen) atoms. The fraction of sp³-hybridized carbons (Fsp3) is 0.700. The third-order valence-corrected chi connectivity index (χ3v) is 2.39. The van der Waals surface area contributed by atoms with Gasteiger partial charge in [-0.3, -0.25) is 0 Å². The number of rotatable bonds is 3. The van der Waals surface area contributed by atoms with Crippen LogP contribution in [0.2, 0.25) is 0 Å². The molecule has 3 nitrogen and oxygen atoms in total. The highest BCUT2D eigenvalue weighted by molar-refractivity contribution is 5.76. The number of amides is 2. The normalized spacial score (nSPS) is 20.4. The van der Waals surface area contributed by atoms with Crippen molar-refractivity contribution in [2.45, 2.75) is 26.3 Å². The molecule has 0 radical (unpaired) electrons. The predicted molar refractivity (Wildman–Crippen MR) is 53.6 cm³/mol. The molecule has 0 unspecified atom stereocenters. The molecule has 1 fully saturated rings. The number of carbonyl (C=O) groups excluding carboxylic acids is 1. The Hall–Kier alpha value is -0.990. The summed E-state index contributed by atoms with van der Waals surface area (Å²) in [5.41, 5.74) is 0. The zero-order valence-electron chi connectivity index (χ0n) is 8.66.